The first kappa shape index (κ1) is 16.9. The van der Waals surface area contributed by atoms with Gasteiger partial charge in [-0.1, -0.05) is 6.07 Å². The number of hydrogen-bond donors (Lipinski definition) is 1. The number of aromatic nitrogens is 1. The summed E-state index contributed by atoms with van der Waals surface area (Å²) < 4.78 is 5.28. The zero-order chi connectivity index (χ0) is 15.2. The van der Waals surface area contributed by atoms with Crippen LogP contribution in [0.15, 0.2) is 18.3 Å². The van der Waals surface area contributed by atoms with E-state index in [-0.39, 0.29) is 5.54 Å². The molecule has 0 aliphatic rings. The van der Waals surface area contributed by atoms with E-state index >= 15 is 0 Å². The van der Waals surface area contributed by atoms with Gasteiger partial charge in [0, 0.05) is 37.5 Å². The minimum Gasteiger partial charge on any atom is -0.383 e. The van der Waals surface area contributed by atoms with Crippen LogP contribution in [-0.2, 0) is 11.3 Å². The van der Waals surface area contributed by atoms with Gasteiger partial charge in [0.25, 0.3) is 0 Å². The van der Waals surface area contributed by atoms with Crippen LogP contribution in [0.1, 0.15) is 40.2 Å². The average Bonchev–Trinajstić information content (AvgIpc) is 2.38. The average molecular weight is 279 g/mol. The Kier molecular flexibility index (Phi) is 6.43. The molecule has 1 heterocycles. The second kappa shape index (κ2) is 7.60. The Morgan fingerprint density at radius 1 is 1.40 bits per heavy atom. The van der Waals surface area contributed by atoms with E-state index in [2.05, 4.69) is 55.9 Å². The van der Waals surface area contributed by atoms with E-state index in [4.69, 9.17) is 4.74 Å². The standard InChI is InChI=1S/C16H29N3O/c1-7-19(13(2)12-20-6)15-14(9-8-10-17-15)11-18-16(3,4)5/h8-10,13,18H,7,11-12H2,1-6H3. The second-order valence-corrected chi connectivity index (χ2v) is 6.18. The number of likely N-dealkylation sites (N-methyl/N-ethyl adjacent to an activating group) is 1. The van der Waals surface area contributed by atoms with Crippen LogP contribution in [0.4, 0.5) is 5.82 Å². The summed E-state index contributed by atoms with van der Waals surface area (Å²) in [5, 5.41) is 3.53. The van der Waals surface area contributed by atoms with Crippen molar-refractivity contribution in [2.24, 2.45) is 0 Å². The van der Waals surface area contributed by atoms with Crippen LogP contribution in [0, 0.1) is 0 Å². The van der Waals surface area contributed by atoms with Crippen molar-refractivity contribution in [2.75, 3.05) is 25.2 Å². The summed E-state index contributed by atoms with van der Waals surface area (Å²) in [6, 6.07) is 4.45. The first-order valence-corrected chi connectivity index (χ1v) is 7.33. The summed E-state index contributed by atoms with van der Waals surface area (Å²) in [4.78, 5) is 6.88. The summed E-state index contributed by atoms with van der Waals surface area (Å²) in [7, 11) is 1.74. The number of nitrogens with zero attached hydrogens (tertiary/aromatic N) is 2. The number of nitrogens with one attached hydrogen (secondary N) is 1. The number of pyridine rings is 1. The summed E-state index contributed by atoms with van der Waals surface area (Å²) in [6.07, 6.45) is 1.86. The lowest BCUT2D eigenvalue weighted by Gasteiger charge is -2.31. The molecule has 0 aliphatic heterocycles. The van der Waals surface area contributed by atoms with Gasteiger partial charge in [-0.15, -0.1) is 0 Å². The summed E-state index contributed by atoms with van der Waals surface area (Å²) in [5.74, 6) is 1.05. The molecule has 0 radical (unpaired) electrons. The molecule has 0 amide bonds. The van der Waals surface area contributed by atoms with Crippen molar-refractivity contribution < 1.29 is 4.74 Å². The van der Waals surface area contributed by atoms with Crippen molar-refractivity contribution in [3.8, 4) is 0 Å². The van der Waals surface area contributed by atoms with Crippen LogP contribution in [0.3, 0.4) is 0 Å². The van der Waals surface area contributed by atoms with Gasteiger partial charge in [0.05, 0.1) is 12.6 Å². The Morgan fingerprint density at radius 2 is 2.10 bits per heavy atom. The zero-order valence-electron chi connectivity index (χ0n) is 13.7. The number of methoxy groups -OCH3 is 1. The third-order valence-corrected chi connectivity index (χ3v) is 3.23. The fourth-order valence-electron chi connectivity index (χ4n) is 2.19. The number of rotatable bonds is 7. The van der Waals surface area contributed by atoms with Crippen molar-refractivity contribution in [3.05, 3.63) is 23.9 Å². The van der Waals surface area contributed by atoms with E-state index in [9.17, 15) is 0 Å². The Labute approximate surface area is 123 Å². The molecule has 1 N–H and O–H groups in total. The van der Waals surface area contributed by atoms with E-state index < -0.39 is 0 Å². The number of ether oxygens (including phenoxy) is 1. The van der Waals surface area contributed by atoms with Crippen molar-refractivity contribution in [3.63, 3.8) is 0 Å². The van der Waals surface area contributed by atoms with Crippen molar-refractivity contribution in [2.45, 2.75) is 52.7 Å². The molecule has 1 rings (SSSR count). The highest BCUT2D eigenvalue weighted by Crippen LogP contribution is 2.20. The van der Waals surface area contributed by atoms with E-state index in [0.717, 1.165) is 18.9 Å². The molecule has 0 bridgehead atoms. The van der Waals surface area contributed by atoms with Gasteiger partial charge < -0.3 is 15.0 Å². The lowest BCUT2D eigenvalue weighted by molar-refractivity contribution is 0.181. The van der Waals surface area contributed by atoms with E-state index in [1.807, 2.05) is 12.3 Å². The molecule has 4 nitrogen and oxygen atoms in total. The highest BCUT2D eigenvalue weighted by molar-refractivity contribution is 5.47. The van der Waals surface area contributed by atoms with Gasteiger partial charge in [0.15, 0.2) is 0 Å². The van der Waals surface area contributed by atoms with Gasteiger partial charge in [0.1, 0.15) is 5.82 Å². The van der Waals surface area contributed by atoms with Crippen LogP contribution < -0.4 is 10.2 Å². The molecule has 1 aromatic rings. The first-order valence-electron chi connectivity index (χ1n) is 7.33. The topological polar surface area (TPSA) is 37.4 Å². The molecule has 0 saturated heterocycles. The van der Waals surface area contributed by atoms with Crippen LogP contribution in [0.2, 0.25) is 0 Å². The molecule has 114 valence electrons. The van der Waals surface area contributed by atoms with Crippen molar-refractivity contribution in [1.29, 1.82) is 0 Å². The van der Waals surface area contributed by atoms with Crippen molar-refractivity contribution in [1.82, 2.24) is 10.3 Å². The molecule has 1 atom stereocenters. The second-order valence-electron chi connectivity index (χ2n) is 6.18. The fourth-order valence-corrected chi connectivity index (χ4v) is 2.19. The molecule has 0 saturated carbocycles. The quantitative estimate of drug-likeness (QED) is 0.833. The van der Waals surface area contributed by atoms with Crippen LogP contribution in [0.5, 0.6) is 0 Å². The Bertz CT molecular complexity index is 401. The smallest absolute Gasteiger partial charge is 0.133 e. The summed E-state index contributed by atoms with van der Waals surface area (Å²) in [6.45, 7) is 13.3. The van der Waals surface area contributed by atoms with Gasteiger partial charge >= 0.3 is 0 Å². The Balaban J connectivity index is 2.92. The zero-order valence-corrected chi connectivity index (χ0v) is 13.7. The predicted octanol–water partition coefficient (Wildman–Crippen LogP) is 2.83. The molecule has 1 aromatic heterocycles. The van der Waals surface area contributed by atoms with Crippen LogP contribution in [0.25, 0.3) is 0 Å². The molecular weight excluding hydrogens is 250 g/mol. The van der Waals surface area contributed by atoms with Crippen LogP contribution in [-0.4, -0.2) is 36.8 Å². The highest BCUT2D eigenvalue weighted by Gasteiger charge is 2.18. The molecule has 4 heteroatoms. The molecule has 0 aliphatic carbocycles. The maximum Gasteiger partial charge on any atom is 0.133 e. The lowest BCUT2D eigenvalue weighted by atomic mass is 10.1. The van der Waals surface area contributed by atoms with E-state index in [1.54, 1.807) is 7.11 Å². The third kappa shape index (κ3) is 5.10. The SMILES string of the molecule is CCN(c1ncccc1CNC(C)(C)C)C(C)COC. The molecule has 0 spiro atoms. The van der Waals surface area contributed by atoms with E-state index in [0.29, 0.717) is 12.6 Å². The third-order valence-electron chi connectivity index (χ3n) is 3.23. The van der Waals surface area contributed by atoms with Gasteiger partial charge in [-0.25, -0.2) is 4.98 Å². The number of anilines is 1. The maximum absolute atomic E-state index is 5.28. The molecule has 1 unspecified atom stereocenters. The van der Waals surface area contributed by atoms with Crippen LogP contribution >= 0.6 is 0 Å². The number of hydrogen-bond acceptors (Lipinski definition) is 4. The summed E-state index contributed by atoms with van der Waals surface area (Å²) in [5.41, 5.74) is 1.33. The largest absolute Gasteiger partial charge is 0.383 e. The van der Waals surface area contributed by atoms with E-state index in [1.165, 1.54) is 5.56 Å². The Morgan fingerprint density at radius 3 is 2.65 bits per heavy atom. The summed E-state index contributed by atoms with van der Waals surface area (Å²) >= 11 is 0. The predicted molar refractivity (Wildman–Crippen MR) is 85.2 cm³/mol. The fraction of sp³-hybridized carbons (Fsp3) is 0.688. The van der Waals surface area contributed by atoms with Gasteiger partial charge in [0.2, 0.25) is 0 Å². The first-order chi connectivity index (χ1) is 9.39. The van der Waals surface area contributed by atoms with Crippen molar-refractivity contribution >= 4 is 5.82 Å². The van der Waals surface area contributed by atoms with Gasteiger partial charge in [-0.3, -0.25) is 0 Å². The normalized spacial score (nSPS) is 13.3. The highest BCUT2D eigenvalue weighted by atomic mass is 16.5. The lowest BCUT2D eigenvalue weighted by Crippen LogP contribution is -2.39. The Hall–Kier alpha value is -1.13. The van der Waals surface area contributed by atoms with Gasteiger partial charge in [-0.05, 0) is 40.7 Å². The minimum absolute atomic E-state index is 0.0995. The van der Waals surface area contributed by atoms with Gasteiger partial charge in [-0.2, -0.15) is 0 Å². The molecular formula is C16H29N3O. The maximum atomic E-state index is 5.28. The molecule has 0 fully saturated rings. The minimum atomic E-state index is 0.0995. The monoisotopic (exact) mass is 279 g/mol. The molecule has 20 heavy (non-hydrogen) atoms. The molecule has 0 aromatic carbocycles.